The standard InChI is InChI=1S/C15H21NO6/c1-10(2)13(17)9-21-8-7-16-15(20)22-12(4)6-5-11(3)14(18)19/h5-6H,1,7-9H2,2-4H3,(H,16,20)(H,18,19)/b11-5+,12-6+. The summed E-state index contributed by atoms with van der Waals surface area (Å²) >= 11 is 0. The zero-order valence-electron chi connectivity index (χ0n) is 13.0. The number of carboxylic acid groups (broad SMARTS) is 1. The van der Waals surface area contributed by atoms with Gasteiger partial charge in [0.1, 0.15) is 12.4 Å². The third kappa shape index (κ3) is 9.49. The van der Waals surface area contributed by atoms with Crippen molar-refractivity contribution in [3.8, 4) is 0 Å². The van der Waals surface area contributed by atoms with Crippen molar-refractivity contribution >= 4 is 17.8 Å². The topological polar surface area (TPSA) is 102 Å². The molecular formula is C15H21NO6. The van der Waals surface area contributed by atoms with Crippen LogP contribution in [0.1, 0.15) is 20.8 Å². The Morgan fingerprint density at radius 2 is 1.82 bits per heavy atom. The van der Waals surface area contributed by atoms with Crippen LogP contribution < -0.4 is 5.32 Å². The van der Waals surface area contributed by atoms with E-state index in [9.17, 15) is 14.4 Å². The van der Waals surface area contributed by atoms with Crippen LogP contribution in [0.5, 0.6) is 0 Å². The summed E-state index contributed by atoms with van der Waals surface area (Å²) in [5.41, 5.74) is 0.539. The molecule has 0 atom stereocenters. The average Bonchev–Trinajstić information content (AvgIpc) is 2.43. The van der Waals surface area contributed by atoms with E-state index in [0.717, 1.165) is 0 Å². The molecule has 0 radical (unpaired) electrons. The van der Waals surface area contributed by atoms with Crippen LogP contribution in [-0.2, 0) is 19.1 Å². The zero-order chi connectivity index (χ0) is 17.1. The van der Waals surface area contributed by atoms with Crippen molar-refractivity contribution in [1.29, 1.82) is 0 Å². The molecule has 1 amide bonds. The molecule has 0 aromatic rings. The van der Waals surface area contributed by atoms with Crippen LogP contribution in [0.2, 0.25) is 0 Å². The molecule has 7 heteroatoms. The first-order valence-electron chi connectivity index (χ1n) is 6.54. The quantitative estimate of drug-likeness (QED) is 0.291. The van der Waals surface area contributed by atoms with Gasteiger partial charge in [0.25, 0.3) is 0 Å². The minimum atomic E-state index is -1.05. The molecule has 2 N–H and O–H groups in total. The number of hydrogen-bond acceptors (Lipinski definition) is 5. The van der Waals surface area contributed by atoms with Crippen LogP contribution in [0.3, 0.4) is 0 Å². The number of hydrogen-bond donors (Lipinski definition) is 2. The zero-order valence-corrected chi connectivity index (χ0v) is 13.0. The van der Waals surface area contributed by atoms with E-state index in [1.54, 1.807) is 6.92 Å². The number of rotatable bonds is 9. The molecule has 0 rings (SSSR count). The molecule has 0 saturated heterocycles. The SMILES string of the molecule is C=C(C)C(=O)COCCNC(=O)O/C(C)=C/C=C(\C)C(=O)O. The van der Waals surface area contributed by atoms with Crippen molar-refractivity contribution in [3.63, 3.8) is 0 Å². The largest absolute Gasteiger partial charge is 0.478 e. The van der Waals surface area contributed by atoms with Gasteiger partial charge in [0.05, 0.1) is 6.61 Å². The van der Waals surface area contributed by atoms with Gasteiger partial charge in [0, 0.05) is 12.1 Å². The highest BCUT2D eigenvalue weighted by Crippen LogP contribution is 2.00. The molecule has 0 aliphatic rings. The van der Waals surface area contributed by atoms with Crippen LogP contribution in [0, 0.1) is 0 Å². The summed E-state index contributed by atoms with van der Waals surface area (Å²) < 4.78 is 9.93. The molecule has 0 bridgehead atoms. The molecule has 0 fully saturated rings. The van der Waals surface area contributed by atoms with E-state index in [-0.39, 0.29) is 36.9 Å². The van der Waals surface area contributed by atoms with Gasteiger partial charge < -0.3 is 19.9 Å². The third-order valence-electron chi connectivity index (χ3n) is 2.38. The predicted octanol–water partition coefficient (Wildman–Crippen LogP) is 1.81. The first-order chi connectivity index (χ1) is 10.2. The lowest BCUT2D eigenvalue weighted by Crippen LogP contribution is -2.28. The number of aliphatic carboxylic acids is 1. The van der Waals surface area contributed by atoms with Crippen molar-refractivity contribution < 1.29 is 29.0 Å². The van der Waals surface area contributed by atoms with Crippen LogP contribution in [0.4, 0.5) is 4.79 Å². The number of carbonyl (C=O) groups excluding carboxylic acids is 2. The highest BCUT2D eigenvalue weighted by atomic mass is 16.6. The second-order valence-corrected chi connectivity index (χ2v) is 4.50. The predicted molar refractivity (Wildman–Crippen MR) is 80.3 cm³/mol. The summed E-state index contributed by atoms with van der Waals surface area (Å²) in [5, 5.41) is 11.1. The maximum atomic E-state index is 11.4. The van der Waals surface area contributed by atoms with Gasteiger partial charge in [-0.1, -0.05) is 6.58 Å². The molecular weight excluding hydrogens is 290 g/mol. The van der Waals surface area contributed by atoms with Gasteiger partial charge in [0.2, 0.25) is 0 Å². The van der Waals surface area contributed by atoms with Crippen molar-refractivity contribution in [2.45, 2.75) is 20.8 Å². The van der Waals surface area contributed by atoms with Crippen LogP contribution in [-0.4, -0.2) is 42.7 Å². The lowest BCUT2D eigenvalue weighted by atomic mass is 10.2. The van der Waals surface area contributed by atoms with Crippen molar-refractivity contribution in [3.05, 3.63) is 35.6 Å². The summed E-state index contributed by atoms with van der Waals surface area (Å²) in [6, 6.07) is 0. The number of Topliss-reactive ketones (excluding diaryl/α,β-unsaturated/α-hetero) is 1. The number of allylic oxidation sites excluding steroid dienone is 3. The molecule has 0 aromatic heterocycles. The third-order valence-corrected chi connectivity index (χ3v) is 2.38. The highest BCUT2D eigenvalue weighted by Gasteiger charge is 2.04. The molecule has 7 nitrogen and oxygen atoms in total. The Balaban J connectivity index is 3.97. The van der Waals surface area contributed by atoms with Crippen LogP contribution in [0.15, 0.2) is 35.6 Å². The van der Waals surface area contributed by atoms with Crippen molar-refractivity contribution in [1.82, 2.24) is 5.32 Å². The van der Waals surface area contributed by atoms with E-state index >= 15 is 0 Å². The summed E-state index contributed by atoms with van der Waals surface area (Å²) in [7, 11) is 0. The van der Waals surface area contributed by atoms with Crippen LogP contribution >= 0.6 is 0 Å². The Morgan fingerprint density at radius 3 is 2.36 bits per heavy atom. The van der Waals surface area contributed by atoms with Crippen molar-refractivity contribution in [2.24, 2.45) is 0 Å². The maximum absolute atomic E-state index is 11.4. The summed E-state index contributed by atoms with van der Waals surface area (Å²) in [5.74, 6) is -0.992. The summed E-state index contributed by atoms with van der Waals surface area (Å²) in [6.45, 7) is 8.29. The van der Waals surface area contributed by atoms with E-state index < -0.39 is 12.1 Å². The Hall–Kier alpha value is -2.41. The minimum Gasteiger partial charge on any atom is -0.478 e. The molecule has 0 spiro atoms. The van der Waals surface area contributed by atoms with Gasteiger partial charge in [-0.15, -0.1) is 0 Å². The molecule has 0 aliphatic heterocycles. The number of alkyl carbamates (subject to hydrolysis) is 1. The number of ketones is 1. The van der Waals surface area contributed by atoms with Crippen molar-refractivity contribution in [2.75, 3.05) is 19.8 Å². The number of nitrogens with one attached hydrogen (secondary N) is 1. The van der Waals surface area contributed by atoms with Gasteiger partial charge in [-0.05, 0) is 38.5 Å². The van der Waals surface area contributed by atoms with E-state index in [0.29, 0.717) is 5.57 Å². The maximum Gasteiger partial charge on any atom is 0.412 e. The molecule has 22 heavy (non-hydrogen) atoms. The lowest BCUT2D eigenvalue weighted by Gasteiger charge is -2.07. The Morgan fingerprint density at radius 1 is 1.18 bits per heavy atom. The van der Waals surface area contributed by atoms with Gasteiger partial charge in [-0.2, -0.15) is 0 Å². The lowest BCUT2D eigenvalue weighted by molar-refractivity contribution is -0.132. The molecule has 0 unspecified atom stereocenters. The highest BCUT2D eigenvalue weighted by molar-refractivity contribution is 5.95. The van der Waals surface area contributed by atoms with Gasteiger partial charge in [-0.25, -0.2) is 9.59 Å². The normalized spacial score (nSPS) is 11.8. The van der Waals surface area contributed by atoms with Crippen LogP contribution in [0.25, 0.3) is 0 Å². The van der Waals surface area contributed by atoms with E-state index in [1.807, 2.05) is 0 Å². The summed E-state index contributed by atoms with van der Waals surface area (Å²) in [6.07, 6.45) is 2.02. The van der Waals surface area contributed by atoms with E-state index in [1.165, 1.54) is 26.0 Å². The monoisotopic (exact) mass is 311 g/mol. The van der Waals surface area contributed by atoms with Gasteiger partial charge >= 0.3 is 12.1 Å². The summed E-state index contributed by atoms with van der Waals surface area (Å²) in [4.78, 5) is 33.1. The second-order valence-electron chi connectivity index (χ2n) is 4.50. The van der Waals surface area contributed by atoms with E-state index in [2.05, 4.69) is 11.9 Å². The first-order valence-corrected chi connectivity index (χ1v) is 6.54. The Bertz CT molecular complexity index is 504. The smallest absolute Gasteiger partial charge is 0.412 e. The Labute approximate surface area is 129 Å². The number of ether oxygens (including phenoxy) is 2. The molecule has 0 aliphatic carbocycles. The fourth-order valence-corrected chi connectivity index (χ4v) is 1.04. The van der Waals surface area contributed by atoms with Gasteiger partial charge in [-0.3, -0.25) is 4.79 Å². The minimum absolute atomic E-state index is 0.0791. The number of carboxylic acids is 1. The molecule has 122 valence electrons. The second kappa shape index (κ2) is 10.3. The molecule has 0 heterocycles. The van der Waals surface area contributed by atoms with Gasteiger partial charge in [0.15, 0.2) is 5.78 Å². The number of carbonyl (C=O) groups is 3. The molecule has 0 saturated carbocycles. The average molecular weight is 311 g/mol. The van der Waals surface area contributed by atoms with E-state index in [4.69, 9.17) is 14.6 Å². The Kier molecular flexibility index (Phi) is 9.20. The fourth-order valence-electron chi connectivity index (χ4n) is 1.04. The first kappa shape index (κ1) is 19.6. The molecule has 0 aromatic carbocycles. The fraction of sp³-hybridized carbons (Fsp3) is 0.400. The number of amides is 1.